The molecule has 1 aromatic heterocycles. The Morgan fingerprint density at radius 1 is 1.28 bits per heavy atom. The van der Waals surface area contributed by atoms with Crippen molar-refractivity contribution in [1.29, 1.82) is 5.26 Å². The minimum Gasteiger partial charge on any atom is -0.362 e. The minimum absolute atomic E-state index is 0.0718. The van der Waals surface area contributed by atoms with Crippen LogP contribution in [0.1, 0.15) is 24.1 Å². The number of aromatic nitrogens is 1. The maximum absolute atomic E-state index is 9.02. The molecule has 2 aromatic rings. The minimum atomic E-state index is 0.0718. The van der Waals surface area contributed by atoms with Gasteiger partial charge in [-0.05, 0) is 30.7 Å². The van der Waals surface area contributed by atoms with Crippen molar-refractivity contribution < 1.29 is 0 Å². The van der Waals surface area contributed by atoms with Crippen molar-refractivity contribution in [2.75, 3.05) is 5.32 Å². The topological polar surface area (TPSA) is 48.7 Å². The quantitative estimate of drug-likeness (QED) is 0.935. The van der Waals surface area contributed by atoms with Gasteiger partial charge in [-0.25, -0.2) is 4.98 Å². The van der Waals surface area contributed by atoms with Gasteiger partial charge in [0.1, 0.15) is 11.9 Å². The second-order valence-corrected chi connectivity index (χ2v) is 4.75. The lowest BCUT2D eigenvalue weighted by Gasteiger charge is -2.16. The summed E-state index contributed by atoms with van der Waals surface area (Å²) >= 11 is 3.52. The van der Waals surface area contributed by atoms with Crippen LogP contribution in [0.5, 0.6) is 0 Å². The number of hydrogen-bond acceptors (Lipinski definition) is 3. The highest BCUT2D eigenvalue weighted by Gasteiger charge is 2.11. The van der Waals surface area contributed by atoms with E-state index in [-0.39, 0.29) is 6.04 Å². The molecule has 18 heavy (non-hydrogen) atoms. The largest absolute Gasteiger partial charge is 0.362 e. The van der Waals surface area contributed by atoms with Crippen LogP contribution in [-0.2, 0) is 0 Å². The number of pyridine rings is 1. The predicted molar refractivity (Wildman–Crippen MR) is 75.1 cm³/mol. The molecule has 0 unspecified atom stereocenters. The van der Waals surface area contributed by atoms with Gasteiger partial charge in [0.15, 0.2) is 0 Å². The summed E-state index contributed by atoms with van der Waals surface area (Å²) in [5.74, 6) is 0.614. The zero-order chi connectivity index (χ0) is 13.0. The number of rotatable bonds is 3. The molecule has 90 valence electrons. The Bertz CT molecular complexity index is 590. The van der Waals surface area contributed by atoms with Crippen molar-refractivity contribution >= 4 is 21.7 Å². The van der Waals surface area contributed by atoms with E-state index in [2.05, 4.69) is 32.3 Å². The van der Waals surface area contributed by atoms with Gasteiger partial charge in [0.25, 0.3) is 0 Å². The number of halogens is 1. The van der Waals surface area contributed by atoms with Crippen LogP contribution in [0.2, 0.25) is 0 Å². The first-order valence-corrected chi connectivity index (χ1v) is 6.37. The van der Waals surface area contributed by atoms with Gasteiger partial charge >= 0.3 is 0 Å². The number of nitrogens with one attached hydrogen (secondary N) is 1. The lowest BCUT2D eigenvalue weighted by atomic mass is 10.1. The van der Waals surface area contributed by atoms with Gasteiger partial charge in [0, 0.05) is 10.7 Å². The van der Waals surface area contributed by atoms with Crippen LogP contribution in [0.25, 0.3) is 0 Å². The van der Waals surface area contributed by atoms with Crippen LogP contribution >= 0.6 is 15.9 Å². The molecule has 4 heteroatoms. The normalized spacial score (nSPS) is 11.6. The van der Waals surface area contributed by atoms with E-state index in [1.807, 2.05) is 31.2 Å². The summed E-state index contributed by atoms with van der Waals surface area (Å²) < 4.78 is 1.04. The van der Waals surface area contributed by atoms with Gasteiger partial charge < -0.3 is 5.32 Å². The second kappa shape index (κ2) is 5.65. The van der Waals surface area contributed by atoms with Gasteiger partial charge in [-0.15, -0.1) is 0 Å². The van der Waals surface area contributed by atoms with E-state index in [4.69, 9.17) is 5.26 Å². The van der Waals surface area contributed by atoms with E-state index in [1.165, 1.54) is 0 Å². The summed E-state index contributed by atoms with van der Waals surface area (Å²) in [5, 5.41) is 12.3. The maximum Gasteiger partial charge on any atom is 0.144 e. The third-order valence-electron chi connectivity index (χ3n) is 2.65. The SMILES string of the molecule is C[C@H](Nc1ncccc1C#N)c1ccccc1Br. The number of nitrogens with zero attached hydrogens (tertiary/aromatic N) is 2. The van der Waals surface area contributed by atoms with E-state index in [0.29, 0.717) is 11.4 Å². The Balaban J connectivity index is 2.25. The lowest BCUT2D eigenvalue weighted by Crippen LogP contribution is -2.09. The average Bonchev–Trinajstić information content (AvgIpc) is 2.39. The molecule has 1 atom stereocenters. The highest BCUT2D eigenvalue weighted by atomic mass is 79.9. The summed E-state index contributed by atoms with van der Waals surface area (Å²) in [5.41, 5.74) is 1.68. The average molecular weight is 302 g/mol. The Labute approximate surface area is 115 Å². The molecule has 0 amide bonds. The third kappa shape index (κ3) is 2.69. The Kier molecular flexibility index (Phi) is 3.96. The third-order valence-corrected chi connectivity index (χ3v) is 3.38. The standard InChI is InChI=1S/C14H12BrN3/c1-10(12-6-2-3-7-13(12)15)18-14-11(9-16)5-4-8-17-14/h2-8,10H,1H3,(H,17,18)/t10-/m0/s1. The van der Waals surface area contributed by atoms with Crippen molar-refractivity contribution in [2.45, 2.75) is 13.0 Å². The molecule has 2 rings (SSSR count). The number of hydrogen-bond donors (Lipinski definition) is 1. The molecule has 1 N–H and O–H groups in total. The molecule has 0 aliphatic heterocycles. The van der Waals surface area contributed by atoms with Crippen LogP contribution < -0.4 is 5.32 Å². The van der Waals surface area contributed by atoms with Crippen molar-refractivity contribution in [3.05, 3.63) is 58.2 Å². The summed E-state index contributed by atoms with van der Waals surface area (Å²) in [6.45, 7) is 2.04. The van der Waals surface area contributed by atoms with E-state index >= 15 is 0 Å². The summed E-state index contributed by atoms with van der Waals surface area (Å²) in [6.07, 6.45) is 1.68. The summed E-state index contributed by atoms with van der Waals surface area (Å²) in [4.78, 5) is 4.20. The molecule has 0 spiro atoms. The van der Waals surface area contributed by atoms with Crippen LogP contribution in [0, 0.1) is 11.3 Å². The molecule has 0 aliphatic carbocycles. The van der Waals surface area contributed by atoms with Crippen molar-refractivity contribution in [1.82, 2.24) is 4.98 Å². The molecule has 0 fully saturated rings. The summed E-state index contributed by atoms with van der Waals surface area (Å²) in [7, 11) is 0. The highest BCUT2D eigenvalue weighted by molar-refractivity contribution is 9.10. The van der Waals surface area contributed by atoms with Crippen molar-refractivity contribution in [3.8, 4) is 6.07 Å². The maximum atomic E-state index is 9.02. The van der Waals surface area contributed by atoms with E-state index in [9.17, 15) is 0 Å². The molecular formula is C14H12BrN3. The van der Waals surface area contributed by atoms with E-state index in [0.717, 1.165) is 10.0 Å². The number of nitriles is 1. The molecule has 0 saturated carbocycles. The Hall–Kier alpha value is -1.86. The second-order valence-electron chi connectivity index (χ2n) is 3.90. The molecule has 1 aromatic carbocycles. The zero-order valence-corrected chi connectivity index (χ0v) is 11.5. The van der Waals surface area contributed by atoms with Crippen LogP contribution in [0.3, 0.4) is 0 Å². The fraction of sp³-hybridized carbons (Fsp3) is 0.143. The first kappa shape index (κ1) is 12.6. The van der Waals surface area contributed by atoms with E-state index in [1.54, 1.807) is 18.3 Å². The van der Waals surface area contributed by atoms with Crippen molar-refractivity contribution in [2.24, 2.45) is 0 Å². The fourth-order valence-electron chi connectivity index (χ4n) is 1.72. The van der Waals surface area contributed by atoms with Gasteiger partial charge in [-0.1, -0.05) is 34.1 Å². The molecule has 0 bridgehead atoms. The molecule has 1 heterocycles. The number of benzene rings is 1. The molecular weight excluding hydrogens is 290 g/mol. The van der Waals surface area contributed by atoms with E-state index < -0.39 is 0 Å². The predicted octanol–water partition coefficient (Wildman–Crippen LogP) is 3.89. The number of anilines is 1. The molecule has 0 saturated heterocycles. The highest BCUT2D eigenvalue weighted by Crippen LogP contribution is 2.26. The molecule has 0 radical (unpaired) electrons. The smallest absolute Gasteiger partial charge is 0.144 e. The lowest BCUT2D eigenvalue weighted by molar-refractivity contribution is 0.868. The molecule has 0 aliphatic rings. The van der Waals surface area contributed by atoms with Gasteiger partial charge in [-0.3, -0.25) is 0 Å². The van der Waals surface area contributed by atoms with Gasteiger partial charge in [-0.2, -0.15) is 5.26 Å². The van der Waals surface area contributed by atoms with Gasteiger partial charge in [0.05, 0.1) is 11.6 Å². The Morgan fingerprint density at radius 2 is 2.06 bits per heavy atom. The van der Waals surface area contributed by atoms with Crippen molar-refractivity contribution in [3.63, 3.8) is 0 Å². The molecule has 3 nitrogen and oxygen atoms in total. The summed E-state index contributed by atoms with van der Waals surface area (Å²) in [6, 6.07) is 13.7. The first-order chi connectivity index (χ1) is 8.72. The Morgan fingerprint density at radius 3 is 2.78 bits per heavy atom. The fourth-order valence-corrected chi connectivity index (χ4v) is 2.35. The first-order valence-electron chi connectivity index (χ1n) is 5.58. The van der Waals surface area contributed by atoms with Crippen LogP contribution in [0.15, 0.2) is 47.1 Å². The van der Waals surface area contributed by atoms with Crippen LogP contribution in [-0.4, -0.2) is 4.98 Å². The van der Waals surface area contributed by atoms with Gasteiger partial charge in [0.2, 0.25) is 0 Å². The monoisotopic (exact) mass is 301 g/mol. The zero-order valence-electron chi connectivity index (χ0n) is 9.89. The van der Waals surface area contributed by atoms with Crippen LogP contribution in [0.4, 0.5) is 5.82 Å².